The number of fused-ring (bicyclic) bond motifs is 1. The second kappa shape index (κ2) is 5.62. The highest BCUT2D eigenvalue weighted by molar-refractivity contribution is 5.70. The number of nitrogens with zero attached hydrogens (tertiary/aromatic N) is 2. The van der Waals surface area contributed by atoms with Crippen LogP contribution in [-0.4, -0.2) is 23.9 Å². The third-order valence-corrected chi connectivity index (χ3v) is 4.49. The standard InChI is InChI=1S/C17H23N3O/c1-11-17(12(2)20(19-11)10-21-4)14-6-5-13-7-8-16(18-3)15(13)9-14/h5-6,9,16,18H,7-8,10H2,1-4H3. The molecule has 1 aliphatic carbocycles. The van der Waals surface area contributed by atoms with E-state index in [1.807, 2.05) is 11.7 Å². The maximum absolute atomic E-state index is 5.21. The molecule has 1 aliphatic rings. The molecule has 112 valence electrons. The minimum Gasteiger partial charge on any atom is -0.362 e. The Bertz CT molecular complexity index is 660. The second-order valence-corrected chi connectivity index (χ2v) is 5.76. The summed E-state index contributed by atoms with van der Waals surface area (Å²) >= 11 is 0. The predicted octanol–water partition coefficient (Wildman–Crippen LogP) is 2.98. The van der Waals surface area contributed by atoms with Gasteiger partial charge in [0.2, 0.25) is 0 Å². The largest absolute Gasteiger partial charge is 0.362 e. The minimum atomic E-state index is 0.481. The summed E-state index contributed by atoms with van der Waals surface area (Å²) in [7, 11) is 3.74. The summed E-state index contributed by atoms with van der Waals surface area (Å²) < 4.78 is 7.14. The van der Waals surface area contributed by atoms with Gasteiger partial charge in [-0.3, -0.25) is 0 Å². The van der Waals surface area contributed by atoms with Crippen LogP contribution in [0, 0.1) is 13.8 Å². The van der Waals surface area contributed by atoms with Crippen LogP contribution >= 0.6 is 0 Å². The van der Waals surface area contributed by atoms with Crippen molar-refractivity contribution in [1.29, 1.82) is 0 Å². The fourth-order valence-corrected chi connectivity index (χ4v) is 3.42. The molecule has 1 N–H and O–H groups in total. The average molecular weight is 285 g/mol. The Balaban J connectivity index is 2.06. The number of aromatic nitrogens is 2. The third kappa shape index (κ3) is 2.39. The van der Waals surface area contributed by atoms with Crippen molar-refractivity contribution < 1.29 is 4.74 Å². The van der Waals surface area contributed by atoms with E-state index in [4.69, 9.17) is 4.74 Å². The van der Waals surface area contributed by atoms with Crippen molar-refractivity contribution in [3.8, 4) is 11.1 Å². The summed E-state index contributed by atoms with van der Waals surface area (Å²) in [4.78, 5) is 0. The summed E-state index contributed by atoms with van der Waals surface area (Å²) in [6, 6.07) is 7.31. The number of methoxy groups -OCH3 is 1. The lowest BCUT2D eigenvalue weighted by Gasteiger charge is -2.12. The molecule has 3 rings (SSSR count). The van der Waals surface area contributed by atoms with Gasteiger partial charge in [0.05, 0.1) is 5.69 Å². The van der Waals surface area contributed by atoms with Crippen LogP contribution < -0.4 is 5.32 Å². The fraction of sp³-hybridized carbons (Fsp3) is 0.471. The summed E-state index contributed by atoms with van der Waals surface area (Å²) in [6.07, 6.45) is 2.36. The van der Waals surface area contributed by atoms with Crippen molar-refractivity contribution in [2.24, 2.45) is 0 Å². The predicted molar refractivity (Wildman–Crippen MR) is 84.3 cm³/mol. The van der Waals surface area contributed by atoms with E-state index in [2.05, 4.69) is 42.5 Å². The van der Waals surface area contributed by atoms with Crippen LogP contribution in [0.5, 0.6) is 0 Å². The Kier molecular flexibility index (Phi) is 3.83. The summed E-state index contributed by atoms with van der Waals surface area (Å²) in [5.41, 5.74) is 7.62. The quantitative estimate of drug-likeness (QED) is 0.938. The summed E-state index contributed by atoms with van der Waals surface area (Å²) in [5.74, 6) is 0. The van der Waals surface area contributed by atoms with Crippen molar-refractivity contribution in [3.05, 3.63) is 40.7 Å². The van der Waals surface area contributed by atoms with Crippen molar-refractivity contribution in [2.75, 3.05) is 14.2 Å². The second-order valence-electron chi connectivity index (χ2n) is 5.76. The molecular formula is C17H23N3O. The molecule has 0 fully saturated rings. The van der Waals surface area contributed by atoms with Crippen molar-refractivity contribution >= 4 is 0 Å². The Hall–Kier alpha value is -1.65. The van der Waals surface area contributed by atoms with Gasteiger partial charge in [-0.1, -0.05) is 12.1 Å². The smallest absolute Gasteiger partial charge is 0.139 e. The highest BCUT2D eigenvalue weighted by atomic mass is 16.5. The molecule has 0 amide bonds. The molecule has 1 aromatic heterocycles. The topological polar surface area (TPSA) is 39.1 Å². The van der Waals surface area contributed by atoms with Gasteiger partial charge < -0.3 is 10.1 Å². The maximum atomic E-state index is 5.21. The summed E-state index contributed by atoms with van der Waals surface area (Å²) in [6.45, 7) is 4.67. The monoisotopic (exact) mass is 285 g/mol. The van der Waals surface area contributed by atoms with Gasteiger partial charge in [0.25, 0.3) is 0 Å². The van der Waals surface area contributed by atoms with E-state index in [0.717, 1.165) is 11.4 Å². The van der Waals surface area contributed by atoms with E-state index in [-0.39, 0.29) is 0 Å². The first-order valence-electron chi connectivity index (χ1n) is 7.49. The number of benzene rings is 1. The average Bonchev–Trinajstić information content (AvgIpc) is 3.00. The number of aryl methyl sites for hydroxylation is 2. The van der Waals surface area contributed by atoms with Crippen LogP contribution in [0.3, 0.4) is 0 Å². The lowest BCUT2D eigenvalue weighted by Crippen LogP contribution is -2.12. The molecule has 0 bridgehead atoms. The Morgan fingerprint density at radius 2 is 2.19 bits per heavy atom. The Morgan fingerprint density at radius 1 is 1.38 bits per heavy atom. The van der Waals surface area contributed by atoms with Crippen molar-refractivity contribution in [2.45, 2.75) is 39.5 Å². The molecule has 2 aromatic rings. The van der Waals surface area contributed by atoms with E-state index >= 15 is 0 Å². The molecule has 0 spiro atoms. The lowest BCUT2D eigenvalue weighted by atomic mass is 9.98. The van der Waals surface area contributed by atoms with Gasteiger partial charge in [0, 0.05) is 24.4 Å². The van der Waals surface area contributed by atoms with E-state index in [1.165, 1.54) is 35.1 Å². The molecular weight excluding hydrogens is 262 g/mol. The van der Waals surface area contributed by atoms with Gasteiger partial charge >= 0.3 is 0 Å². The zero-order chi connectivity index (χ0) is 15.0. The van der Waals surface area contributed by atoms with E-state index < -0.39 is 0 Å². The van der Waals surface area contributed by atoms with Crippen LogP contribution in [-0.2, 0) is 17.9 Å². The molecule has 0 saturated carbocycles. The third-order valence-electron chi connectivity index (χ3n) is 4.49. The minimum absolute atomic E-state index is 0.481. The van der Waals surface area contributed by atoms with Crippen LogP contribution in [0.25, 0.3) is 11.1 Å². The van der Waals surface area contributed by atoms with Gasteiger partial charge in [-0.2, -0.15) is 5.10 Å². The highest BCUT2D eigenvalue weighted by Crippen LogP contribution is 2.36. The van der Waals surface area contributed by atoms with Gasteiger partial charge in [0.1, 0.15) is 6.73 Å². The number of rotatable bonds is 4. The molecule has 0 radical (unpaired) electrons. The first-order chi connectivity index (χ1) is 10.2. The molecule has 0 saturated heterocycles. The van der Waals surface area contributed by atoms with Gasteiger partial charge in [-0.15, -0.1) is 0 Å². The molecule has 1 heterocycles. The number of hydrogen-bond acceptors (Lipinski definition) is 3. The van der Waals surface area contributed by atoms with E-state index in [1.54, 1.807) is 7.11 Å². The van der Waals surface area contributed by atoms with Crippen molar-refractivity contribution in [1.82, 2.24) is 15.1 Å². The first kappa shape index (κ1) is 14.3. The van der Waals surface area contributed by atoms with Crippen LogP contribution in [0.1, 0.15) is 35.0 Å². The molecule has 1 unspecified atom stereocenters. The van der Waals surface area contributed by atoms with Gasteiger partial charge in [0.15, 0.2) is 0 Å². The van der Waals surface area contributed by atoms with Crippen LogP contribution in [0.2, 0.25) is 0 Å². The molecule has 21 heavy (non-hydrogen) atoms. The van der Waals surface area contributed by atoms with Crippen molar-refractivity contribution in [3.63, 3.8) is 0 Å². The molecule has 4 heteroatoms. The van der Waals surface area contributed by atoms with E-state index in [0.29, 0.717) is 12.8 Å². The lowest BCUT2D eigenvalue weighted by molar-refractivity contribution is 0.118. The fourth-order valence-electron chi connectivity index (χ4n) is 3.42. The van der Waals surface area contributed by atoms with E-state index in [9.17, 15) is 0 Å². The van der Waals surface area contributed by atoms with Crippen LogP contribution in [0.15, 0.2) is 18.2 Å². The molecule has 1 aromatic carbocycles. The number of nitrogens with one attached hydrogen (secondary N) is 1. The molecule has 1 atom stereocenters. The first-order valence-corrected chi connectivity index (χ1v) is 7.49. The zero-order valence-electron chi connectivity index (χ0n) is 13.2. The van der Waals surface area contributed by atoms with Crippen LogP contribution in [0.4, 0.5) is 0 Å². The maximum Gasteiger partial charge on any atom is 0.139 e. The SMILES string of the molecule is CNC1CCc2ccc(-c3c(C)nn(COC)c3C)cc21. The Labute approximate surface area is 126 Å². The number of ether oxygens (including phenoxy) is 1. The number of hydrogen-bond donors (Lipinski definition) is 1. The zero-order valence-corrected chi connectivity index (χ0v) is 13.2. The summed E-state index contributed by atoms with van der Waals surface area (Å²) in [5, 5.41) is 8.00. The normalized spacial score (nSPS) is 17.2. The molecule has 4 nitrogen and oxygen atoms in total. The van der Waals surface area contributed by atoms with Gasteiger partial charge in [-0.25, -0.2) is 4.68 Å². The Morgan fingerprint density at radius 3 is 2.90 bits per heavy atom. The van der Waals surface area contributed by atoms with Gasteiger partial charge in [-0.05, 0) is 56.5 Å². The molecule has 0 aliphatic heterocycles. The highest BCUT2D eigenvalue weighted by Gasteiger charge is 2.22.